The zero-order valence-corrected chi connectivity index (χ0v) is 12.6. The summed E-state index contributed by atoms with van der Waals surface area (Å²) in [6, 6.07) is 13.8. The van der Waals surface area contributed by atoms with Crippen LogP contribution in [0.3, 0.4) is 0 Å². The number of methoxy groups -OCH3 is 1. The van der Waals surface area contributed by atoms with Crippen LogP contribution in [0, 0.1) is 0 Å². The Morgan fingerprint density at radius 3 is 2.62 bits per heavy atom. The molecule has 3 nitrogen and oxygen atoms in total. The van der Waals surface area contributed by atoms with Gasteiger partial charge in [-0.3, -0.25) is 0 Å². The van der Waals surface area contributed by atoms with Crippen LogP contribution in [0.5, 0.6) is 17.2 Å². The van der Waals surface area contributed by atoms with Gasteiger partial charge in [0.25, 0.3) is 0 Å². The van der Waals surface area contributed by atoms with E-state index in [1.807, 2.05) is 42.5 Å². The number of halogens is 1. The first-order valence-corrected chi connectivity index (χ1v) is 7.37. The minimum atomic E-state index is -0.157. The largest absolute Gasteiger partial charge is 0.497 e. The fourth-order valence-corrected chi connectivity index (χ4v) is 2.77. The summed E-state index contributed by atoms with van der Waals surface area (Å²) in [5, 5.41) is -0.157. The second kappa shape index (κ2) is 6.27. The number of fused-ring (bicyclic) bond motifs is 1. The van der Waals surface area contributed by atoms with Crippen molar-refractivity contribution in [3.63, 3.8) is 0 Å². The Balaban J connectivity index is 1.80. The first-order chi connectivity index (χ1) is 10.3. The molecule has 0 N–H and O–H groups in total. The van der Waals surface area contributed by atoms with E-state index in [4.69, 9.17) is 25.8 Å². The van der Waals surface area contributed by atoms with Crippen LogP contribution in [0.1, 0.15) is 16.5 Å². The lowest BCUT2D eigenvalue weighted by Gasteiger charge is -2.22. The molecule has 1 unspecified atom stereocenters. The molecule has 0 aromatic heterocycles. The van der Waals surface area contributed by atoms with Gasteiger partial charge in [0.05, 0.1) is 12.5 Å². The monoisotopic (exact) mass is 304 g/mol. The second-order valence-electron chi connectivity index (χ2n) is 4.89. The van der Waals surface area contributed by atoms with E-state index in [-0.39, 0.29) is 5.38 Å². The summed E-state index contributed by atoms with van der Waals surface area (Å²) in [4.78, 5) is 0. The van der Waals surface area contributed by atoms with E-state index in [1.165, 1.54) is 0 Å². The molecule has 1 atom stereocenters. The summed E-state index contributed by atoms with van der Waals surface area (Å²) >= 11 is 6.58. The Morgan fingerprint density at radius 1 is 1.10 bits per heavy atom. The van der Waals surface area contributed by atoms with E-state index < -0.39 is 0 Å². The first-order valence-electron chi connectivity index (χ1n) is 6.93. The van der Waals surface area contributed by atoms with Crippen LogP contribution in [-0.4, -0.2) is 20.3 Å². The second-order valence-corrected chi connectivity index (χ2v) is 5.42. The van der Waals surface area contributed by atoms with E-state index in [0.717, 1.165) is 34.8 Å². The number of ether oxygens (including phenoxy) is 3. The summed E-state index contributed by atoms with van der Waals surface area (Å²) < 4.78 is 16.5. The highest BCUT2D eigenvalue weighted by atomic mass is 35.5. The van der Waals surface area contributed by atoms with Crippen molar-refractivity contribution in [1.29, 1.82) is 0 Å². The van der Waals surface area contributed by atoms with Gasteiger partial charge in [0.1, 0.15) is 19.0 Å². The first kappa shape index (κ1) is 14.1. The molecule has 0 spiro atoms. The van der Waals surface area contributed by atoms with Crippen molar-refractivity contribution in [2.45, 2.75) is 11.8 Å². The van der Waals surface area contributed by atoms with Gasteiger partial charge in [0.2, 0.25) is 0 Å². The lowest BCUT2D eigenvalue weighted by Crippen LogP contribution is -2.17. The molecule has 1 aliphatic rings. The van der Waals surface area contributed by atoms with Crippen LogP contribution in [0.4, 0.5) is 0 Å². The molecule has 0 bridgehead atoms. The van der Waals surface area contributed by atoms with Crippen LogP contribution in [0.15, 0.2) is 42.5 Å². The van der Waals surface area contributed by atoms with Crippen LogP contribution in [0.2, 0.25) is 0 Å². The van der Waals surface area contributed by atoms with Gasteiger partial charge >= 0.3 is 0 Å². The minimum absolute atomic E-state index is 0.157. The molecule has 0 aliphatic carbocycles. The molecule has 4 heteroatoms. The summed E-state index contributed by atoms with van der Waals surface area (Å²) in [5.74, 6) is 2.40. The van der Waals surface area contributed by atoms with Gasteiger partial charge < -0.3 is 14.2 Å². The Kier molecular flexibility index (Phi) is 4.20. The molecule has 0 fully saturated rings. The standard InChI is InChI=1S/C17H17ClO3/c1-19-13-7-5-12(6-8-13)11-15(18)14-3-2-4-16-17(14)21-10-9-20-16/h2-8,15H,9-11H2,1H3. The minimum Gasteiger partial charge on any atom is -0.497 e. The molecular formula is C17H17ClO3. The molecule has 0 amide bonds. The maximum Gasteiger partial charge on any atom is 0.166 e. The zero-order chi connectivity index (χ0) is 14.7. The molecule has 21 heavy (non-hydrogen) atoms. The molecule has 2 aromatic carbocycles. The molecule has 2 aromatic rings. The number of rotatable bonds is 4. The third-order valence-electron chi connectivity index (χ3n) is 3.51. The van der Waals surface area contributed by atoms with Crippen LogP contribution in [0.25, 0.3) is 0 Å². The average molecular weight is 305 g/mol. The van der Waals surface area contributed by atoms with Crippen molar-refractivity contribution in [2.24, 2.45) is 0 Å². The van der Waals surface area contributed by atoms with E-state index in [0.29, 0.717) is 13.2 Å². The van der Waals surface area contributed by atoms with Crippen molar-refractivity contribution in [3.05, 3.63) is 53.6 Å². The van der Waals surface area contributed by atoms with Gasteiger partial charge in [-0.1, -0.05) is 24.3 Å². The number of para-hydroxylation sites is 1. The van der Waals surface area contributed by atoms with Gasteiger partial charge in [-0.2, -0.15) is 0 Å². The molecule has 110 valence electrons. The molecule has 3 rings (SSSR count). The maximum absolute atomic E-state index is 6.58. The predicted molar refractivity (Wildman–Crippen MR) is 82.7 cm³/mol. The summed E-state index contributed by atoms with van der Waals surface area (Å²) in [7, 11) is 1.66. The van der Waals surface area contributed by atoms with Crippen LogP contribution < -0.4 is 14.2 Å². The fourth-order valence-electron chi connectivity index (χ4n) is 2.42. The SMILES string of the molecule is COc1ccc(CC(Cl)c2cccc3c2OCCO3)cc1. The number of alkyl halides is 1. The topological polar surface area (TPSA) is 27.7 Å². The number of hydrogen-bond donors (Lipinski definition) is 0. The third kappa shape index (κ3) is 3.08. The van der Waals surface area contributed by atoms with E-state index in [9.17, 15) is 0 Å². The quantitative estimate of drug-likeness (QED) is 0.799. The van der Waals surface area contributed by atoms with Crippen LogP contribution in [-0.2, 0) is 6.42 Å². The van der Waals surface area contributed by atoms with Gasteiger partial charge in [-0.05, 0) is 30.2 Å². The molecule has 1 aliphatic heterocycles. The number of hydrogen-bond acceptors (Lipinski definition) is 3. The van der Waals surface area contributed by atoms with E-state index >= 15 is 0 Å². The molecule has 0 saturated heterocycles. The molecule has 0 radical (unpaired) electrons. The Bertz CT molecular complexity index is 610. The van der Waals surface area contributed by atoms with Crippen molar-refractivity contribution < 1.29 is 14.2 Å². The maximum atomic E-state index is 6.58. The lowest BCUT2D eigenvalue weighted by atomic mass is 10.0. The summed E-state index contributed by atoms with van der Waals surface area (Å²) in [6.07, 6.45) is 0.728. The summed E-state index contributed by atoms with van der Waals surface area (Å²) in [6.45, 7) is 1.15. The van der Waals surface area contributed by atoms with Gasteiger partial charge in [-0.25, -0.2) is 0 Å². The highest BCUT2D eigenvalue weighted by molar-refractivity contribution is 6.21. The highest BCUT2D eigenvalue weighted by Gasteiger charge is 2.20. The smallest absolute Gasteiger partial charge is 0.166 e. The van der Waals surface area contributed by atoms with Crippen molar-refractivity contribution in [1.82, 2.24) is 0 Å². The van der Waals surface area contributed by atoms with Crippen molar-refractivity contribution >= 4 is 11.6 Å². The van der Waals surface area contributed by atoms with Crippen LogP contribution >= 0.6 is 11.6 Å². The van der Waals surface area contributed by atoms with Gasteiger partial charge in [0.15, 0.2) is 11.5 Å². The Hall–Kier alpha value is -1.87. The van der Waals surface area contributed by atoms with Gasteiger partial charge in [-0.15, -0.1) is 11.6 Å². The number of benzene rings is 2. The van der Waals surface area contributed by atoms with E-state index in [2.05, 4.69) is 0 Å². The molecule has 0 saturated carbocycles. The highest BCUT2D eigenvalue weighted by Crippen LogP contribution is 2.40. The van der Waals surface area contributed by atoms with E-state index in [1.54, 1.807) is 7.11 Å². The molecular weight excluding hydrogens is 288 g/mol. The Labute approximate surface area is 129 Å². The third-order valence-corrected chi connectivity index (χ3v) is 3.90. The van der Waals surface area contributed by atoms with Crippen molar-refractivity contribution in [2.75, 3.05) is 20.3 Å². The lowest BCUT2D eigenvalue weighted by molar-refractivity contribution is 0.170. The Morgan fingerprint density at radius 2 is 1.86 bits per heavy atom. The van der Waals surface area contributed by atoms with Crippen molar-refractivity contribution in [3.8, 4) is 17.2 Å². The summed E-state index contributed by atoms with van der Waals surface area (Å²) in [5.41, 5.74) is 2.13. The molecule has 1 heterocycles. The fraction of sp³-hybridized carbons (Fsp3) is 0.294. The predicted octanol–water partition coefficient (Wildman–Crippen LogP) is 3.99. The van der Waals surface area contributed by atoms with Gasteiger partial charge in [0, 0.05) is 5.56 Å². The average Bonchev–Trinajstić information content (AvgIpc) is 2.55. The zero-order valence-electron chi connectivity index (χ0n) is 11.8. The normalized spacial score (nSPS) is 14.6.